The predicted molar refractivity (Wildman–Crippen MR) is 80.2 cm³/mol. The van der Waals surface area contributed by atoms with E-state index >= 15 is 0 Å². The molecule has 0 aliphatic rings. The third-order valence-corrected chi connectivity index (χ3v) is 2.30. The van der Waals surface area contributed by atoms with Gasteiger partial charge in [0.1, 0.15) is 5.60 Å². The lowest BCUT2D eigenvalue weighted by Crippen LogP contribution is -2.37. The van der Waals surface area contributed by atoms with Crippen molar-refractivity contribution in [1.82, 2.24) is 16.0 Å². The zero-order chi connectivity index (χ0) is 16.3. The number of alkyl halides is 1. The van der Waals surface area contributed by atoms with E-state index in [2.05, 4.69) is 16.0 Å². The summed E-state index contributed by atoms with van der Waals surface area (Å²) < 4.78 is 5.03. The fraction of sp³-hybridized carbons (Fsp3) is 0.769. The fourth-order valence-corrected chi connectivity index (χ4v) is 1.43. The lowest BCUT2D eigenvalue weighted by Gasteiger charge is -2.19. The zero-order valence-corrected chi connectivity index (χ0v) is 13.5. The highest BCUT2D eigenvalue weighted by Crippen LogP contribution is 2.06. The van der Waals surface area contributed by atoms with Gasteiger partial charge in [-0.05, 0) is 20.8 Å². The summed E-state index contributed by atoms with van der Waals surface area (Å²) in [4.78, 5) is 33.8. The Morgan fingerprint density at radius 3 is 1.90 bits per heavy atom. The molecule has 0 aliphatic heterocycles. The number of halogens is 1. The lowest BCUT2D eigenvalue weighted by molar-refractivity contribution is -0.122. The molecule has 0 aromatic rings. The molecule has 0 aliphatic carbocycles. The zero-order valence-electron chi connectivity index (χ0n) is 12.8. The molecule has 0 heterocycles. The van der Waals surface area contributed by atoms with Crippen LogP contribution >= 0.6 is 11.6 Å². The van der Waals surface area contributed by atoms with E-state index in [9.17, 15) is 14.4 Å². The van der Waals surface area contributed by atoms with E-state index in [1.807, 2.05) is 0 Å². The average Bonchev–Trinajstić information content (AvgIpc) is 2.32. The second kappa shape index (κ2) is 10.3. The molecule has 0 aromatic heterocycles. The number of carbonyl (C=O) groups is 3. The largest absolute Gasteiger partial charge is 0.444 e. The second-order valence-corrected chi connectivity index (χ2v) is 5.70. The van der Waals surface area contributed by atoms with Crippen molar-refractivity contribution >= 4 is 29.5 Å². The van der Waals surface area contributed by atoms with Crippen LogP contribution in [0, 0.1) is 0 Å². The van der Waals surface area contributed by atoms with Crippen LogP contribution in [0.5, 0.6) is 0 Å². The van der Waals surface area contributed by atoms with Crippen LogP contribution in [0.3, 0.4) is 0 Å². The number of hydrogen-bond donors (Lipinski definition) is 3. The molecular formula is C13H24ClN3O4. The van der Waals surface area contributed by atoms with Gasteiger partial charge in [-0.2, -0.15) is 0 Å². The van der Waals surface area contributed by atoms with Crippen molar-refractivity contribution in [2.45, 2.75) is 39.2 Å². The van der Waals surface area contributed by atoms with Crippen molar-refractivity contribution in [3.05, 3.63) is 0 Å². The van der Waals surface area contributed by atoms with Crippen LogP contribution in [0.1, 0.15) is 33.6 Å². The molecule has 7 nitrogen and oxygen atoms in total. The lowest BCUT2D eigenvalue weighted by atomic mass is 10.2. The Balaban J connectivity index is 3.59. The summed E-state index contributed by atoms with van der Waals surface area (Å²) in [5.41, 5.74) is -0.562. The SMILES string of the molecule is CC(C)(C)OC(=O)NCCC(=O)NCCNC(=O)CCCl. The van der Waals surface area contributed by atoms with Crippen LogP contribution in [0.4, 0.5) is 4.79 Å². The van der Waals surface area contributed by atoms with Gasteiger partial charge < -0.3 is 20.7 Å². The minimum Gasteiger partial charge on any atom is -0.444 e. The Labute approximate surface area is 130 Å². The van der Waals surface area contributed by atoms with Crippen LogP contribution in [-0.4, -0.2) is 49.0 Å². The normalized spacial score (nSPS) is 10.7. The average molecular weight is 322 g/mol. The Morgan fingerprint density at radius 1 is 0.905 bits per heavy atom. The first kappa shape index (κ1) is 19.5. The highest BCUT2D eigenvalue weighted by Gasteiger charge is 2.15. The van der Waals surface area contributed by atoms with E-state index in [1.54, 1.807) is 20.8 Å². The maximum Gasteiger partial charge on any atom is 0.407 e. The van der Waals surface area contributed by atoms with Gasteiger partial charge in [0, 0.05) is 38.4 Å². The summed E-state index contributed by atoms with van der Waals surface area (Å²) in [7, 11) is 0. The Hall–Kier alpha value is -1.50. The standard InChI is InChI=1S/C13H24ClN3O4/c1-13(2,3)21-12(20)17-7-5-11(19)16-9-8-15-10(18)4-6-14/h4-9H2,1-3H3,(H,15,18)(H,16,19)(H,17,20). The van der Waals surface area contributed by atoms with Gasteiger partial charge >= 0.3 is 6.09 Å². The molecule has 21 heavy (non-hydrogen) atoms. The number of carbonyl (C=O) groups excluding carboxylic acids is 3. The van der Waals surface area contributed by atoms with E-state index in [4.69, 9.17) is 16.3 Å². The van der Waals surface area contributed by atoms with Crippen molar-refractivity contribution in [2.24, 2.45) is 0 Å². The number of amides is 3. The minimum atomic E-state index is -0.562. The summed E-state index contributed by atoms with van der Waals surface area (Å²) in [5.74, 6) is -0.0855. The Kier molecular flexibility index (Phi) is 9.53. The maximum atomic E-state index is 11.4. The van der Waals surface area contributed by atoms with Crippen LogP contribution in [0.15, 0.2) is 0 Å². The van der Waals surface area contributed by atoms with E-state index in [1.165, 1.54) is 0 Å². The molecule has 8 heteroatoms. The quantitative estimate of drug-likeness (QED) is 0.454. The van der Waals surface area contributed by atoms with Crippen molar-refractivity contribution in [3.63, 3.8) is 0 Å². The molecule has 0 bridgehead atoms. The second-order valence-electron chi connectivity index (χ2n) is 5.32. The first-order valence-corrected chi connectivity index (χ1v) is 7.34. The van der Waals surface area contributed by atoms with Gasteiger partial charge in [-0.15, -0.1) is 11.6 Å². The molecule has 0 spiro atoms. The highest BCUT2D eigenvalue weighted by atomic mass is 35.5. The van der Waals surface area contributed by atoms with Crippen molar-refractivity contribution in [1.29, 1.82) is 0 Å². The fourth-order valence-electron chi connectivity index (χ4n) is 1.26. The topological polar surface area (TPSA) is 96.5 Å². The molecule has 3 amide bonds. The third-order valence-electron chi connectivity index (χ3n) is 2.11. The summed E-state index contributed by atoms with van der Waals surface area (Å²) in [6.45, 7) is 6.16. The van der Waals surface area contributed by atoms with Gasteiger partial charge in [-0.25, -0.2) is 4.79 Å². The molecule has 0 unspecified atom stereocenters. The van der Waals surface area contributed by atoms with Gasteiger partial charge in [0.15, 0.2) is 0 Å². The van der Waals surface area contributed by atoms with Crippen molar-refractivity contribution in [3.8, 4) is 0 Å². The monoisotopic (exact) mass is 321 g/mol. The van der Waals surface area contributed by atoms with Crippen LogP contribution in [0.2, 0.25) is 0 Å². The summed E-state index contributed by atoms with van der Waals surface area (Å²) in [6, 6.07) is 0. The molecule has 3 N–H and O–H groups in total. The third kappa shape index (κ3) is 13.2. The van der Waals surface area contributed by atoms with Crippen molar-refractivity contribution < 1.29 is 19.1 Å². The number of nitrogens with one attached hydrogen (secondary N) is 3. The first-order chi connectivity index (χ1) is 9.74. The Morgan fingerprint density at radius 2 is 1.43 bits per heavy atom. The minimum absolute atomic E-state index is 0.147. The van der Waals surface area contributed by atoms with Crippen LogP contribution in [-0.2, 0) is 14.3 Å². The van der Waals surface area contributed by atoms with Gasteiger partial charge in [0.25, 0.3) is 0 Å². The van der Waals surface area contributed by atoms with Crippen molar-refractivity contribution in [2.75, 3.05) is 25.5 Å². The predicted octanol–water partition coefficient (Wildman–Crippen LogP) is 0.763. The molecule has 0 radical (unpaired) electrons. The summed E-state index contributed by atoms with van der Waals surface area (Å²) in [6.07, 6.45) is -0.145. The van der Waals surface area contributed by atoms with E-state index in [0.29, 0.717) is 13.1 Å². The molecule has 0 rings (SSSR count). The van der Waals surface area contributed by atoms with Crippen LogP contribution < -0.4 is 16.0 Å². The van der Waals surface area contributed by atoms with Gasteiger partial charge in [0.05, 0.1) is 0 Å². The molecule has 0 aromatic carbocycles. The van der Waals surface area contributed by atoms with E-state index in [-0.39, 0.29) is 37.1 Å². The molecule has 0 saturated heterocycles. The molecule has 0 fully saturated rings. The van der Waals surface area contributed by atoms with E-state index in [0.717, 1.165) is 0 Å². The molecular weight excluding hydrogens is 298 g/mol. The van der Waals surface area contributed by atoms with Gasteiger partial charge in [0.2, 0.25) is 11.8 Å². The molecule has 0 atom stereocenters. The highest BCUT2D eigenvalue weighted by molar-refractivity contribution is 6.18. The molecule has 0 saturated carbocycles. The van der Waals surface area contributed by atoms with Gasteiger partial charge in [-0.1, -0.05) is 0 Å². The number of ether oxygens (including phenoxy) is 1. The van der Waals surface area contributed by atoms with E-state index < -0.39 is 11.7 Å². The maximum absolute atomic E-state index is 11.4. The number of alkyl carbamates (subject to hydrolysis) is 1. The number of hydrogen-bond acceptors (Lipinski definition) is 4. The summed E-state index contributed by atoms with van der Waals surface area (Å²) in [5, 5.41) is 7.72. The smallest absolute Gasteiger partial charge is 0.407 e. The summed E-state index contributed by atoms with van der Waals surface area (Å²) >= 11 is 5.41. The van der Waals surface area contributed by atoms with Gasteiger partial charge in [-0.3, -0.25) is 9.59 Å². The first-order valence-electron chi connectivity index (χ1n) is 6.81. The van der Waals surface area contributed by atoms with Crippen LogP contribution in [0.25, 0.3) is 0 Å². The number of rotatable bonds is 8. The Bertz CT molecular complexity index is 356. The molecule has 122 valence electrons.